The van der Waals surface area contributed by atoms with Crippen LogP contribution in [0.15, 0.2) is 12.1 Å². The van der Waals surface area contributed by atoms with Gasteiger partial charge in [-0.3, -0.25) is 0 Å². The summed E-state index contributed by atoms with van der Waals surface area (Å²) in [6, 6.07) is 2.72. The fraction of sp³-hybridized carbons (Fsp3) is 0.250. The van der Waals surface area contributed by atoms with Gasteiger partial charge >= 0.3 is 0 Å². The quantitative estimate of drug-likeness (QED) is 0.608. The lowest BCUT2D eigenvalue weighted by Crippen LogP contribution is -1.87. The predicted molar refractivity (Wildman–Crippen MR) is 39.1 cm³/mol. The molecule has 1 aromatic rings. The van der Waals surface area contributed by atoms with E-state index in [1.165, 1.54) is 12.1 Å². The molecule has 0 aliphatic carbocycles. The van der Waals surface area contributed by atoms with E-state index in [-0.39, 0.29) is 0 Å². The number of benzene rings is 1. The van der Waals surface area contributed by atoms with Crippen molar-refractivity contribution < 1.29 is 14.6 Å². The maximum Gasteiger partial charge on any atom is 0.194 e. The largest absolute Gasteiger partial charge is 0.504 e. The van der Waals surface area contributed by atoms with Crippen LogP contribution in [0, 0.1) is 5.82 Å². The summed E-state index contributed by atoms with van der Waals surface area (Å²) < 4.78 is 12.9. The zero-order valence-electron chi connectivity index (χ0n) is 6.13. The summed E-state index contributed by atoms with van der Waals surface area (Å²) in [6.07, 6.45) is 0.500. The van der Waals surface area contributed by atoms with Gasteiger partial charge in [-0.15, -0.1) is 0 Å². The van der Waals surface area contributed by atoms with Crippen molar-refractivity contribution in [2.75, 3.05) is 0 Å². The molecule has 11 heavy (non-hydrogen) atoms. The van der Waals surface area contributed by atoms with Gasteiger partial charge in [-0.2, -0.15) is 0 Å². The zero-order chi connectivity index (χ0) is 8.43. The molecule has 60 valence electrons. The van der Waals surface area contributed by atoms with Crippen LogP contribution in [0.25, 0.3) is 0 Å². The fourth-order valence-electron chi connectivity index (χ4n) is 0.869. The lowest BCUT2D eigenvalue weighted by atomic mass is 10.1. The third-order valence-corrected chi connectivity index (χ3v) is 1.56. The minimum atomic E-state index is -0.729. The molecule has 1 rings (SSSR count). The molecule has 0 aliphatic heterocycles. The van der Waals surface area contributed by atoms with Crippen LogP contribution < -0.4 is 0 Å². The predicted octanol–water partition coefficient (Wildman–Crippen LogP) is 1.80. The summed E-state index contributed by atoms with van der Waals surface area (Å²) in [5, 5.41) is 17.7. The van der Waals surface area contributed by atoms with Gasteiger partial charge in [-0.05, 0) is 18.1 Å². The smallest absolute Gasteiger partial charge is 0.194 e. The highest BCUT2D eigenvalue weighted by Gasteiger charge is 2.09. The summed E-state index contributed by atoms with van der Waals surface area (Å²) in [5.41, 5.74) is 0.403. The van der Waals surface area contributed by atoms with Crippen LogP contribution in [-0.4, -0.2) is 10.2 Å². The van der Waals surface area contributed by atoms with Crippen LogP contribution in [0.1, 0.15) is 12.5 Å². The van der Waals surface area contributed by atoms with E-state index in [0.29, 0.717) is 12.0 Å². The summed E-state index contributed by atoms with van der Waals surface area (Å²) >= 11 is 0. The van der Waals surface area contributed by atoms with Gasteiger partial charge in [0.2, 0.25) is 0 Å². The first-order valence-corrected chi connectivity index (χ1v) is 3.36. The highest BCUT2D eigenvalue weighted by atomic mass is 19.1. The molecule has 0 heterocycles. The first-order valence-electron chi connectivity index (χ1n) is 3.36. The Bertz CT molecular complexity index is 271. The van der Waals surface area contributed by atoms with Gasteiger partial charge in [-0.1, -0.05) is 13.0 Å². The Morgan fingerprint density at radius 3 is 2.55 bits per heavy atom. The minimum Gasteiger partial charge on any atom is -0.504 e. The van der Waals surface area contributed by atoms with Crippen molar-refractivity contribution in [3.63, 3.8) is 0 Å². The van der Waals surface area contributed by atoms with Gasteiger partial charge in [0.25, 0.3) is 0 Å². The Labute approximate surface area is 63.9 Å². The number of phenolic OH excluding ortho intramolecular Hbond substituents is 2. The molecular weight excluding hydrogens is 147 g/mol. The average molecular weight is 156 g/mol. The van der Waals surface area contributed by atoms with E-state index in [1.807, 2.05) is 0 Å². The second-order valence-electron chi connectivity index (χ2n) is 2.26. The molecule has 0 atom stereocenters. The minimum absolute atomic E-state index is 0.403. The maximum absolute atomic E-state index is 12.9. The molecule has 0 saturated heterocycles. The molecular formula is C8H9FO2. The molecule has 2 nitrogen and oxygen atoms in total. The van der Waals surface area contributed by atoms with Crippen molar-refractivity contribution in [2.45, 2.75) is 13.3 Å². The number of aryl methyl sites for hydroxylation is 1. The van der Waals surface area contributed by atoms with Crippen LogP contribution in [0.4, 0.5) is 4.39 Å². The van der Waals surface area contributed by atoms with E-state index < -0.39 is 17.3 Å². The number of rotatable bonds is 1. The number of halogens is 1. The van der Waals surface area contributed by atoms with Crippen LogP contribution in [0.3, 0.4) is 0 Å². The summed E-state index contributed by atoms with van der Waals surface area (Å²) in [5.74, 6) is -1.81. The number of hydrogen-bond donors (Lipinski definition) is 2. The van der Waals surface area contributed by atoms with Gasteiger partial charge in [0.05, 0.1) is 0 Å². The molecule has 0 fully saturated rings. The Morgan fingerprint density at radius 2 is 2.00 bits per heavy atom. The maximum atomic E-state index is 12.9. The first-order chi connectivity index (χ1) is 5.16. The SMILES string of the molecule is CCc1ccc(O)c(O)c1F. The molecule has 0 radical (unpaired) electrons. The Kier molecular flexibility index (Phi) is 1.98. The second-order valence-corrected chi connectivity index (χ2v) is 2.26. The molecule has 0 unspecified atom stereocenters. The third-order valence-electron chi connectivity index (χ3n) is 1.56. The lowest BCUT2D eigenvalue weighted by molar-refractivity contribution is 0.377. The van der Waals surface area contributed by atoms with Crippen LogP contribution in [0.5, 0.6) is 11.5 Å². The van der Waals surface area contributed by atoms with E-state index in [9.17, 15) is 4.39 Å². The molecule has 1 aromatic carbocycles. The average Bonchev–Trinajstić information content (AvgIpc) is 2.01. The second kappa shape index (κ2) is 2.78. The highest BCUT2D eigenvalue weighted by molar-refractivity contribution is 5.42. The number of aromatic hydroxyl groups is 2. The van der Waals surface area contributed by atoms with Gasteiger partial charge in [0, 0.05) is 0 Å². The van der Waals surface area contributed by atoms with Gasteiger partial charge in [0.1, 0.15) is 0 Å². The van der Waals surface area contributed by atoms with E-state index >= 15 is 0 Å². The molecule has 0 amide bonds. The van der Waals surface area contributed by atoms with E-state index in [0.717, 1.165) is 0 Å². The molecule has 2 N–H and O–H groups in total. The van der Waals surface area contributed by atoms with Crippen molar-refractivity contribution in [2.24, 2.45) is 0 Å². The fourth-order valence-corrected chi connectivity index (χ4v) is 0.869. The summed E-state index contributed by atoms with van der Waals surface area (Å²) in [6.45, 7) is 1.77. The molecule has 0 spiro atoms. The number of phenols is 2. The first kappa shape index (κ1) is 7.85. The number of hydrogen-bond acceptors (Lipinski definition) is 2. The normalized spacial score (nSPS) is 10.0. The van der Waals surface area contributed by atoms with Crippen LogP contribution in [0.2, 0.25) is 0 Å². The van der Waals surface area contributed by atoms with Gasteiger partial charge < -0.3 is 10.2 Å². The van der Waals surface area contributed by atoms with Crippen molar-refractivity contribution >= 4 is 0 Å². The van der Waals surface area contributed by atoms with Crippen molar-refractivity contribution in [1.82, 2.24) is 0 Å². The third kappa shape index (κ3) is 1.27. The molecule has 0 aliphatic rings. The molecule has 0 aromatic heterocycles. The van der Waals surface area contributed by atoms with E-state index in [1.54, 1.807) is 6.92 Å². The van der Waals surface area contributed by atoms with Crippen molar-refractivity contribution in [1.29, 1.82) is 0 Å². The Balaban J connectivity index is 3.25. The molecule has 0 bridgehead atoms. The highest BCUT2D eigenvalue weighted by Crippen LogP contribution is 2.29. The molecule has 3 heteroatoms. The van der Waals surface area contributed by atoms with Gasteiger partial charge in [0.15, 0.2) is 17.3 Å². The van der Waals surface area contributed by atoms with Crippen molar-refractivity contribution in [3.05, 3.63) is 23.5 Å². The summed E-state index contributed by atoms with van der Waals surface area (Å²) in [4.78, 5) is 0. The van der Waals surface area contributed by atoms with Crippen molar-refractivity contribution in [3.8, 4) is 11.5 Å². The monoisotopic (exact) mass is 156 g/mol. The lowest BCUT2D eigenvalue weighted by Gasteiger charge is -2.02. The van der Waals surface area contributed by atoms with Gasteiger partial charge in [-0.25, -0.2) is 4.39 Å². The van der Waals surface area contributed by atoms with E-state index in [2.05, 4.69) is 0 Å². The van der Waals surface area contributed by atoms with Crippen LogP contribution >= 0.6 is 0 Å². The Hall–Kier alpha value is -1.25. The Morgan fingerprint density at radius 1 is 1.36 bits per heavy atom. The standard InChI is InChI=1S/C8H9FO2/c1-2-5-3-4-6(10)8(11)7(5)9/h3-4,10-11H,2H2,1H3. The van der Waals surface area contributed by atoms with E-state index in [4.69, 9.17) is 10.2 Å². The van der Waals surface area contributed by atoms with Crippen LogP contribution in [-0.2, 0) is 6.42 Å². The summed E-state index contributed by atoms with van der Waals surface area (Å²) in [7, 11) is 0. The zero-order valence-corrected chi connectivity index (χ0v) is 6.13. The molecule has 0 saturated carbocycles. The topological polar surface area (TPSA) is 40.5 Å².